The van der Waals surface area contributed by atoms with E-state index in [1.54, 1.807) is 6.92 Å². The van der Waals surface area contributed by atoms with Crippen molar-refractivity contribution in [3.63, 3.8) is 0 Å². The van der Waals surface area contributed by atoms with E-state index in [4.69, 9.17) is 9.79 Å². The molecule has 0 aromatic heterocycles. The van der Waals surface area contributed by atoms with Gasteiger partial charge in [0.1, 0.15) is 0 Å². The number of carbonyl (C=O) groups is 1. The molecule has 5 nitrogen and oxygen atoms in total. The minimum atomic E-state index is -4.05. The van der Waals surface area contributed by atoms with Gasteiger partial charge in [-0.25, -0.2) is 0 Å². The maximum atomic E-state index is 10.8. The molecule has 1 unspecified atom stereocenters. The van der Waals surface area contributed by atoms with Crippen LogP contribution in [0.3, 0.4) is 0 Å². The average Bonchev–Trinajstić information content (AvgIpc) is 2.00. The van der Waals surface area contributed by atoms with Gasteiger partial charge in [0.2, 0.25) is 5.91 Å². The molecular formula is C7H14NO4P. The van der Waals surface area contributed by atoms with Gasteiger partial charge in [0.05, 0.1) is 6.16 Å². The summed E-state index contributed by atoms with van der Waals surface area (Å²) in [6.45, 7) is 4.98. The van der Waals surface area contributed by atoms with E-state index >= 15 is 0 Å². The third kappa shape index (κ3) is 6.51. The Bertz CT molecular complexity index is 235. The number of amides is 1. The molecule has 0 bridgehead atoms. The minimum Gasteiger partial charge on any atom is -0.349 e. The first kappa shape index (κ1) is 12.4. The Morgan fingerprint density at radius 1 is 1.69 bits per heavy atom. The standard InChI is InChI=1S/C7H14NO4P/c1-3-6(5-13(10,11)12)8-7(9)4-2/h4,6H,2-3,5H2,1H3,(H,8,9)(H2,10,11,12). The van der Waals surface area contributed by atoms with Gasteiger partial charge in [0, 0.05) is 6.04 Å². The Morgan fingerprint density at radius 2 is 2.23 bits per heavy atom. The molecule has 0 aliphatic heterocycles. The smallest absolute Gasteiger partial charge is 0.327 e. The van der Waals surface area contributed by atoms with Gasteiger partial charge >= 0.3 is 7.60 Å². The minimum absolute atomic E-state index is 0.330. The van der Waals surface area contributed by atoms with Gasteiger partial charge in [-0.2, -0.15) is 0 Å². The highest BCUT2D eigenvalue weighted by Crippen LogP contribution is 2.35. The summed E-state index contributed by atoms with van der Waals surface area (Å²) in [6.07, 6.45) is 1.22. The van der Waals surface area contributed by atoms with Crippen LogP contribution in [0.25, 0.3) is 0 Å². The molecule has 0 fully saturated rings. The SMILES string of the molecule is C=CC(=O)NC(CC)CP(=O)(O)O. The molecular weight excluding hydrogens is 193 g/mol. The molecule has 0 aliphatic carbocycles. The Labute approximate surface area is 77.0 Å². The summed E-state index contributed by atoms with van der Waals surface area (Å²) in [5.74, 6) is -0.416. The van der Waals surface area contributed by atoms with E-state index in [0.717, 1.165) is 6.08 Å². The van der Waals surface area contributed by atoms with Crippen molar-refractivity contribution in [2.24, 2.45) is 0 Å². The Balaban J connectivity index is 4.12. The van der Waals surface area contributed by atoms with Gasteiger partial charge < -0.3 is 15.1 Å². The van der Waals surface area contributed by atoms with Crippen molar-refractivity contribution < 1.29 is 19.1 Å². The molecule has 0 saturated carbocycles. The van der Waals surface area contributed by atoms with E-state index in [2.05, 4.69) is 11.9 Å². The van der Waals surface area contributed by atoms with Crippen LogP contribution in [0.4, 0.5) is 0 Å². The quantitative estimate of drug-likeness (QED) is 0.445. The molecule has 0 radical (unpaired) electrons. The second kappa shape index (κ2) is 5.17. The zero-order chi connectivity index (χ0) is 10.5. The lowest BCUT2D eigenvalue weighted by Crippen LogP contribution is -2.35. The van der Waals surface area contributed by atoms with Crippen LogP contribution in [-0.2, 0) is 9.36 Å². The first-order valence-electron chi connectivity index (χ1n) is 3.86. The van der Waals surface area contributed by atoms with Crippen LogP contribution in [0, 0.1) is 0 Å². The van der Waals surface area contributed by atoms with Crippen LogP contribution >= 0.6 is 7.60 Å². The molecule has 1 amide bonds. The maximum Gasteiger partial charge on any atom is 0.327 e. The van der Waals surface area contributed by atoms with E-state index in [-0.39, 0.29) is 6.16 Å². The summed E-state index contributed by atoms with van der Waals surface area (Å²) >= 11 is 0. The molecule has 6 heteroatoms. The summed E-state index contributed by atoms with van der Waals surface area (Å²) < 4.78 is 10.6. The number of hydrogen-bond donors (Lipinski definition) is 3. The summed E-state index contributed by atoms with van der Waals surface area (Å²) in [6, 6.07) is -0.494. The van der Waals surface area contributed by atoms with Crippen molar-refractivity contribution in [2.45, 2.75) is 19.4 Å². The third-order valence-electron chi connectivity index (χ3n) is 1.48. The Morgan fingerprint density at radius 3 is 2.54 bits per heavy atom. The molecule has 0 aromatic carbocycles. The van der Waals surface area contributed by atoms with Crippen LogP contribution in [0.2, 0.25) is 0 Å². The summed E-state index contributed by atoms with van der Waals surface area (Å²) in [7, 11) is -4.05. The number of hydrogen-bond acceptors (Lipinski definition) is 2. The lowest BCUT2D eigenvalue weighted by molar-refractivity contribution is -0.117. The highest BCUT2D eigenvalue weighted by atomic mass is 31.2. The van der Waals surface area contributed by atoms with Crippen molar-refractivity contribution >= 4 is 13.5 Å². The lowest BCUT2D eigenvalue weighted by atomic mass is 10.2. The van der Waals surface area contributed by atoms with Crippen LogP contribution in [-0.4, -0.2) is 27.9 Å². The first-order valence-corrected chi connectivity index (χ1v) is 5.66. The highest BCUT2D eigenvalue weighted by molar-refractivity contribution is 7.51. The van der Waals surface area contributed by atoms with Crippen LogP contribution in [0.15, 0.2) is 12.7 Å². The van der Waals surface area contributed by atoms with E-state index in [1.807, 2.05) is 0 Å². The second-order valence-corrected chi connectivity index (χ2v) is 4.36. The van der Waals surface area contributed by atoms with Crippen LogP contribution < -0.4 is 5.32 Å². The van der Waals surface area contributed by atoms with Crippen LogP contribution in [0.1, 0.15) is 13.3 Å². The van der Waals surface area contributed by atoms with Gasteiger partial charge in [-0.05, 0) is 12.5 Å². The van der Waals surface area contributed by atoms with Crippen molar-refractivity contribution in [3.8, 4) is 0 Å². The fourth-order valence-electron chi connectivity index (χ4n) is 0.824. The normalized spacial score (nSPS) is 13.5. The first-order chi connectivity index (χ1) is 5.89. The van der Waals surface area contributed by atoms with Crippen LogP contribution in [0.5, 0.6) is 0 Å². The van der Waals surface area contributed by atoms with Gasteiger partial charge in [0.15, 0.2) is 0 Å². The third-order valence-corrected chi connectivity index (χ3v) is 2.40. The fraction of sp³-hybridized carbons (Fsp3) is 0.571. The van der Waals surface area contributed by atoms with Crippen molar-refractivity contribution in [1.82, 2.24) is 5.32 Å². The average molecular weight is 207 g/mol. The Kier molecular flexibility index (Phi) is 4.91. The van der Waals surface area contributed by atoms with Crippen molar-refractivity contribution in [1.29, 1.82) is 0 Å². The monoisotopic (exact) mass is 207 g/mol. The molecule has 0 heterocycles. The summed E-state index contributed by atoms with van der Waals surface area (Å²) in [5.41, 5.74) is 0. The molecule has 3 N–H and O–H groups in total. The topological polar surface area (TPSA) is 86.6 Å². The van der Waals surface area contributed by atoms with Gasteiger partial charge in [0.25, 0.3) is 0 Å². The molecule has 0 spiro atoms. The van der Waals surface area contributed by atoms with Gasteiger partial charge in [-0.1, -0.05) is 13.5 Å². The molecule has 13 heavy (non-hydrogen) atoms. The maximum absolute atomic E-state index is 10.8. The predicted octanol–water partition coefficient (Wildman–Crippen LogP) is 0.245. The second-order valence-electron chi connectivity index (χ2n) is 2.67. The molecule has 0 aromatic rings. The number of rotatable bonds is 5. The lowest BCUT2D eigenvalue weighted by Gasteiger charge is -2.16. The van der Waals surface area contributed by atoms with Crippen molar-refractivity contribution in [2.75, 3.05) is 6.16 Å². The van der Waals surface area contributed by atoms with Gasteiger partial charge in [-0.3, -0.25) is 9.36 Å². The molecule has 76 valence electrons. The largest absolute Gasteiger partial charge is 0.349 e. The number of carbonyl (C=O) groups excluding carboxylic acids is 1. The molecule has 1 atom stereocenters. The highest BCUT2D eigenvalue weighted by Gasteiger charge is 2.20. The molecule has 0 rings (SSSR count). The zero-order valence-corrected chi connectivity index (χ0v) is 8.33. The van der Waals surface area contributed by atoms with Gasteiger partial charge in [-0.15, -0.1) is 0 Å². The fourth-order valence-corrected chi connectivity index (χ4v) is 1.75. The Hall–Kier alpha value is -0.640. The van der Waals surface area contributed by atoms with E-state index in [0.29, 0.717) is 6.42 Å². The molecule has 0 aliphatic rings. The van der Waals surface area contributed by atoms with E-state index in [9.17, 15) is 9.36 Å². The van der Waals surface area contributed by atoms with E-state index < -0.39 is 19.5 Å². The predicted molar refractivity (Wildman–Crippen MR) is 49.3 cm³/mol. The summed E-state index contributed by atoms with van der Waals surface area (Å²) in [4.78, 5) is 28.1. The number of nitrogens with one attached hydrogen (secondary N) is 1. The van der Waals surface area contributed by atoms with Crippen molar-refractivity contribution in [3.05, 3.63) is 12.7 Å². The molecule has 0 saturated heterocycles. The zero-order valence-electron chi connectivity index (χ0n) is 7.43. The van der Waals surface area contributed by atoms with E-state index in [1.165, 1.54) is 0 Å². The summed E-state index contributed by atoms with van der Waals surface area (Å²) in [5, 5.41) is 2.42.